The van der Waals surface area contributed by atoms with Crippen molar-refractivity contribution in [2.45, 2.75) is 44.4 Å². The minimum Gasteiger partial charge on any atom is -0.479 e. The Hall–Kier alpha value is -1.31. The van der Waals surface area contributed by atoms with Gasteiger partial charge in [-0.3, -0.25) is 4.79 Å². The lowest BCUT2D eigenvalue weighted by molar-refractivity contribution is -0.186. The number of aliphatic hydroxyl groups excluding tert-OH is 1. The molecule has 1 aliphatic rings. The van der Waals surface area contributed by atoms with Crippen LogP contribution in [-0.4, -0.2) is 40.9 Å². The van der Waals surface area contributed by atoms with Crippen LogP contribution in [-0.2, 0) is 9.59 Å². The average molecular weight is 297 g/mol. The molecule has 0 aromatic rings. The van der Waals surface area contributed by atoms with Gasteiger partial charge < -0.3 is 15.5 Å². The fourth-order valence-corrected chi connectivity index (χ4v) is 2.33. The van der Waals surface area contributed by atoms with Crippen molar-refractivity contribution in [3.05, 3.63) is 0 Å². The molecule has 1 saturated carbocycles. The highest BCUT2D eigenvalue weighted by Gasteiger charge is 2.43. The molecule has 1 amide bonds. The summed E-state index contributed by atoms with van der Waals surface area (Å²) in [5.74, 6) is -4.04. The van der Waals surface area contributed by atoms with E-state index < -0.39 is 36.0 Å². The van der Waals surface area contributed by atoms with Crippen LogP contribution in [0, 0.1) is 11.8 Å². The maximum absolute atomic E-state index is 12.6. The molecule has 1 fully saturated rings. The number of nitrogens with one attached hydrogen (secondary N) is 1. The molecule has 116 valence electrons. The normalized spacial score (nSPS) is 25.0. The SMILES string of the molecule is O=C(NCC[C@H](O)C(=O)O)C1CCCC(C(F)(F)F)C1. The van der Waals surface area contributed by atoms with Gasteiger partial charge in [0.05, 0.1) is 5.92 Å². The third kappa shape index (κ3) is 4.99. The summed E-state index contributed by atoms with van der Waals surface area (Å²) in [6, 6.07) is 0. The van der Waals surface area contributed by atoms with Crippen molar-refractivity contribution in [1.29, 1.82) is 0 Å². The summed E-state index contributed by atoms with van der Waals surface area (Å²) in [6.07, 6.45) is -5.46. The number of hydrogen-bond donors (Lipinski definition) is 3. The molecule has 0 saturated heterocycles. The number of carboxylic acids is 1. The number of aliphatic carboxylic acids is 1. The number of amides is 1. The Balaban J connectivity index is 2.38. The van der Waals surface area contributed by atoms with E-state index in [9.17, 15) is 22.8 Å². The topological polar surface area (TPSA) is 86.6 Å². The summed E-state index contributed by atoms with van der Waals surface area (Å²) in [4.78, 5) is 22.1. The number of rotatable bonds is 5. The second-order valence-electron chi connectivity index (χ2n) is 5.04. The number of halogens is 3. The zero-order valence-electron chi connectivity index (χ0n) is 10.8. The molecule has 0 aliphatic heterocycles. The van der Waals surface area contributed by atoms with Crippen LogP contribution in [0.4, 0.5) is 13.2 Å². The predicted octanol–water partition coefficient (Wildman–Crippen LogP) is 1.31. The monoisotopic (exact) mass is 297 g/mol. The third-order valence-electron chi connectivity index (χ3n) is 3.51. The number of alkyl halides is 3. The summed E-state index contributed by atoms with van der Waals surface area (Å²) < 4.78 is 37.8. The first-order valence-electron chi connectivity index (χ1n) is 6.47. The second-order valence-corrected chi connectivity index (χ2v) is 5.04. The fourth-order valence-electron chi connectivity index (χ4n) is 2.33. The first-order chi connectivity index (χ1) is 9.21. The van der Waals surface area contributed by atoms with E-state index in [-0.39, 0.29) is 25.8 Å². The molecule has 2 unspecified atom stereocenters. The summed E-state index contributed by atoms with van der Waals surface area (Å²) in [6.45, 7) is -0.0700. The van der Waals surface area contributed by atoms with E-state index in [0.717, 1.165) is 0 Å². The molecule has 5 nitrogen and oxygen atoms in total. The predicted molar refractivity (Wildman–Crippen MR) is 62.8 cm³/mol. The van der Waals surface area contributed by atoms with Gasteiger partial charge in [-0.25, -0.2) is 4.79 Å². The smallest absolute Gasteiger partial charge is 0.391 e. The standard InChI is InChI=1S/C12H18F3NO4/c13-12(14,15)8-3-1-2-7(6-8)10(18)16-5-4-9(17)11(19)20/h7-9,17H,1-6H2,(H,16,18)(H,19,20)/t7?,8?,9-/m0/s1. The van der Waals surface area contributed by atoms with Crippen LogP contribution >= 0.6 is 0 Å². The maximum Gasteiger partial charge on any atom is 0.391 e. The zero-order valence-corrected chi connectivity index (χ0v) is 10.8. The number of carbonyl (C=O) groups excluding carboxylic acids is 1. The van der Waals surface area contributed by atoms with Gasteiger partial charge in [0, 0.05) is 18.9 Å². The largest absolute Gasteiger partial charge is 0.479 e. The van der Waals surface area contributed by atoms with Gasteiger partial charge in [0.15, 0.2) is 6.10 Å². The molecule has 0 heterocycles. The molecule has 3 N–H and O–H groups in total. The third-order valence-corrected chi connectivity index (χ3v) is 3.51. The van der Waals surface area contributed by atoms with Gasteiger partial charge >= 0.3 is 12.1 Å². The second kappa shape index (κ2) is 6.92. The quantitative estimate of drug-likeness (QED) is 0.714. The number of aliphatic hydroxyl groups is 1. The molecule has 1 rings (SSSR count). The molecule has 0 aromatic carbocycles. The lowest BCUT2D eigenvalue weighted by Crippen LogP contribution is -2.38. The van der Waals surface area contributed by atoms with Gasteiger partial charge in [-0.1, -0.05) is 6.42 Å². The van der Waals surface area contributed by atoms with Crippen molar-refractivity contribution in [1.82, 2.24) is 5.32 Å². The maximum atomic E-state index is 12.6. The first-order valence-corrected chi connectivity index (χ1v) is 6.47. The Morgan fingerprint density at radius 3 is 2.50 bits per heavy atom. The molecule has 3 atom stereocenters. The molecule has 0 aromatic heterocycles. The van der Waals surface area contributed by atoms with Crippen LogP contribution in [0.3, 0.4) is 0 Å². The van der Waals surface area contributed by atoms with Crippen molar-refractivity contribution in [3.8, 4) is 0 Å². The lowest BCUT2D eigenvalue weighted by Gasteiger charge is -2.29. The van der Waals surface area contributed by atoms with Gasteiger partial charge in [-0.15, -0.1) is 0 Å². The van der Waals surface area contributed by atoms with Gasteiger partial charge in [0.25, 0.3) is 0 Å². The van der Waals surface area contributed by atoms with Crippen LogP contribution < -0.4 is 5.32 Å². The molecular weight excluding hydrogens is 279 g/mol. The van der Waals surface area contributed by atoms with Crippen LogP contribution in [0.2, 0.25) is 0 Å². The Bertz CT molecular complexity index is 359. The highest BCUT2D eigenvalue weighted by Crippen LogP contribution is 2.39. The zero-order chi connectivity index (χ0) is 15.3. The van der Waals surface area contributed by atoms with Crippen LogP contribution in [0.1, 0.15) is 32.1 Å². The summed E-state index contributed by atoms with van der Waals surface area (Å²) >= 11 is 0. The Morgan fingerprint density at radius 1 is 1.30 bits per heavy atom. The van der Waals surface area contributed by atoms with Gasteiger partial charge in [0.2, 0.25) is 5.91 Å². The molecule has 20 heavy (non-hydrogen) atoms. The van der Waals surface area contributed by atoms with Crippen LogP contribution in [0.25, 0.3) is 0 Å². The van der Waals surface area contributed by atoms with Crippen molar-refractivity contribution in [3.63, 3.8) is 0 Å². The summed E-state index contributed by atoms with van der Waals surface area (Å²) in [5, 5.41) is 19.8. The van der Waals surface area contributed by atoms with E-state index in [1.165, 1.54) is 0 Å². The van der Waals surface area contributed by atoms with E-state index in [1.54, 1.807) is 0 Å². The highest BCUT2D eigenvalue weighted by molar-refractivity contribution is 5.78. The molecule has 0 radical (unpaired) electrons. The van der Waals surface area contributed by atoms with Crippen molar-refractivity contribution >= 4 is 11.9 Å². The minimum absolute atomic E-state index is 0.0466. The van der Waals surface area contributed by atoms with E-state index in [4.69, 9.17) is 10.2 Å². The molecule has 0 bridgehead atoms. The van der Waals surface area contributed by atoms with Gasteiger partial charge in [-0.05, 0) is 19.3 Å². The first kappa shape index (κ1) is 16.7. The van der Waals surface area contributed by atoms with E-state index in [2.05, 4.69) is 5.32 Å². The summed E-state index contributed by atoms with van der Waals surface area (Å²) in [5.41, 5.74) is 0. The van der Waals surface area contributed by atoms with Crippen LogP contribution in [0.15, 0.2) is 0 Å². The van der Waals surface area contributed by atoms with Crippen molar-refractivity contribution < 1.29 is 33.0 Å². The van der Waals surface area contributed by atoms with Gasteiger partial charge in [0.1, 0.15) is 0 Å². The fraction of sp³-hybridized carbons (Fsp3) is 0.833. The molecule has 0 spiro atoms. The van der Waals surface area contributed by atoms with Crippen molar-refractivity contribution in [2.75, 3.05) is 6.54 Å². The van der Waals surface area contributed by atoms with Crippen LogP contribution in [0.5, 0.6) is 0 Å². The molecule has 8 heteroatoms. The number of carboxylic acid groups (broad SMARTS) is 1. The molecular formula is C12H18F3NO4. The minimum atomic E-state index is -4.28. The summed E-state index contributed by atoms with van der Waals surface area (Å²) in [7, 11) is 0. The van der Waals surface area contributed by atoms with E-state index >= 15 is 0 Å². The average Bonchev–Trinajstić information content (AvgIpc) is 2.37. The number of carbonyl (C=O) groups is 2. The van der Waals surface area contributed by atoms with E-state index in [0.29, 0.717) is 12.8 Å². The van der Waals surface area contributed by atoms with Gasteiger partial charge in [-0.2, -0.15) is 13.2 Å². The lowest BCUT2D eigenvalue weighted by atomic mass is 9.80. The Kier molecular flexibility index (Phi) is 5.79. The Morgan fingerprint density at radius 2 is 1.95 bits per heavy atom. The molecule has 1 aliphatic carbocycles. The highest BCUT2D eigenvalue weighted by atomic mass is 19.4. The number of hydrogen-bond acceptors (Lipinski definition) is 3. The van der Waals surface area contributed by atoms with Crippen molar-refractivity contribution in [2.24, 2.45) is 11.8 Å². The Labute approximate surface area is 114 Å². The van der Waals surface area contributed by atoms with E-state index in [1.807, 2.05) is 0 Å².